The molecule has 4 rings (SSSR count). The number of ether oxygens (including phenoxy) is 2. The first-order valence-electron chi connectivity index (χ1n) is 10.7. The van der Waals surface area contributed by atoms with Gasteiger partial charge in [-0.05, 0) is 36.8 Å². The number of benzene rings is 1. The number of carbonyl (C=O) groups is 3. The lowest BCUT2D eigenvalue weighted by Crippen LogP contribution is -2.51. The molecule has 1 aliphatic rings. The number of thiocarbonyl (C=S) groups is 1. The van der Waals surface area contributed by atoms with Gasteiger partial charge in [0.2, 0.25) is 0 Å². The highest BCUT2D eigenvalue weighted by atomic mass is 35.5. The Morgan fingerprint density at radius 1 is 0.972 bits per heavy atom. The SMILES string of the molecule is COC(=O)c1sc(NC(=S)N2CCN(C(=O)c3sc4cc(Cl)ccc4c3Cl)CC2)c(C(=O)OC)c1C. The van der Waals surface area contributed by atoms with E-state index in [0.29, 0.717) is 61.7 Å². The third-order valence-corrected chi connectivity index (χ3v) is 9.20. The standard InChI is InChI=1S/C23H21Cl2N3O5S3/c1-11-15(21(30)32-2)19(36-17(11)22(31)33-3)26-23(34)28-8-6-27(7-9-28)20(29)18-16(25)13-5-4-12(24)10-14(13)35-18/h4-5,10H,6-9H2,1-3H3,(H,26,34). The van der Waals surface area contributed by atoms with Crippen molar-refractivity contribution in [1.29, 1.82) is 0 Å². The summed E-state index contributed by atoms with van der Waals surface area (Å²) in [5.41, 5.74) is 0.694. The number of thiophene rings is 2. The molecular weight excluding hydrogens is 565 g/mol. The second kappa shape index (κ2) is 10.9. The van der Waals surface area contributed by atoms with E-state index >= 15 is 0 Å². The predicted octanol–water partition coefficient (Wildman–Crippen LogP) is 5.31. The van der Waals surface area contributed by atoms with Crippen LogP contribution in [-0.4, -0.2) is 73.2 Å². The molecule has 0 bridgehead atoms. The molecule has 2 aromatic heterocycles. The van der Waals surface area contributed by atoms with E-state index in [0.717, 1.165) is 21.4 Å². The van der Waals surface area contributed by atoms with Crippen LogP contribution in [0.25, 0.3) is 10.1 Å². The lowest BCUT2D eigenvalue weighted by atomic mass is 10.1. The fraction of sp³-hybridized carbons (Fsp3) is 0.304. The average Bonchev–Trinajstić information content (AvgIpc) is 3.38. The molecule has 0 unspecified atom stereocenters. The zero-order chi connectivity index (χ0) is 26.1. The normalized spacial score (nSPS) is 13.6. The second-order valence-electron chi connectivity index (χ2n) is 7.84. The highest BCUT2D eigenvalue weighted by Crippen LogP contribution is 2.38. The van der Waals surface area contributed by atoms with Crippen LogP contribution in [0.15, 0.2) is 18.2 Å². The van der Waals surface area contributed by atoms with Gasteiger partial charge in [0.15, 0.2) is 5.11 Å². The Morgan fingerprint density at radius 2 is 1.61 bits per heavy atom. The van der Waals surface area contributed by atoms with E-state index in [4.69, 9.17) is 44.9 Å². The van der Waals surface area contributed by atoms with Crippen LogP contribution in [0.1, 0.15) is 35.3 Å². The van der Waals surface area contributed by atoms with Crippen molar-refractivity contribution < 1.29 is 23.9 Å². The van der Waals surface area contributed by atoms with Gasteiger partial charge in [-0.15, -0.1) is 22.7 Å². The van der Waals surface area contributed by atoms with Crippen molar-refractivity contribution in [2.24, 2.45) is 0 Å². The molecule has 190 valence electrons. The summed E-state index contributed by atoms with van der Waals surface area (Å²) in [5.74, 6) is -1.27. The van der Waals surface area contributed by atoms with Crippen LogP contribution in [0.2, 0.25) is 10.0 Å². The van der Waals surface area contributed by atoms with Crippen LogP contribution in [0.5, 0.6) is 0 Å². The maximum atomic E-state index is 13.2. The Hall–Kier alpha value is -2.44. The summed E-state index contributed by atoms with van der Waals surface area (Å²) < 4.78 is 10.6. The maximum Gasteiger partial charge on any atom is 0.348 e. The van der Waals surface area contributed by atoms with Crippen molar-refractivity contribution in [2.75, 3.05) is 45.7 Å². The van der Waals surface area contributed by atoms with Gasteiger partial charge in [-0.3, -0.25) is 4.79 Å². The van der Waals surface area contributed by atoms with Crippen molar-refractivity contribution in [3.63, 3.8) is 0 Å². The molecule has 3 aromatic rings. The monoisotopic (exact) mass is 585 g/mol. The molecule has 1 N–H and O–H groups in total. The number of amides is 1. The van der Waals surface area contributed by atoms with Crippen LogP contribution < -0.4 is 5.32 Å². The smallest absolute Gasteiger partial charge is 0.348 e. The number of fused-ring (bicyclic) bond motifs is 1. The van der Waals surface area contributed by atoms with E-state index in [2.05, 4.69) is 5.32 Å². The summed E-state index contributed by atoms with van der Waals surface area (Å²) in [6, 6.07) is 5.36. The van der Waals surface area contributed by atoms with Crippen molar-refractivity contribution >= 4 is 96.1 Å². The van der Waals surface area contributed by atoms with Crippen LogP contribution in [0.4, 0.5) is 5.00 Å². The molecule has 3 heterocycles. The summed E-state index contributed by atoms with van der Waals surface area (Å²) in [4.78, 5) is 42.1. The van der Waals surface area contributed by atoms with E-state index in [1.807, 2.05) is 11.0 Å². The molecule has 0 saturated carbocycles. The topological polar surface area (TPSA) is 88.2 Å². The van der Waals surface area contributed by atoms with Crippen LogP contribution in [0.3, 0.4) is 0 Å². The minimum atomic E-state index is -0.582. The summed E-state index contributed by atoms with van der Waals surface area (Å²) in [5, 5.41) is 5.67. The van der Waals surface area contributed by atoms with Crippen LogP contribution >= 0.6 is 58.1 Å². The Morgan fingerprint density at radius 3 is 2.25 bits per heavy atom. The largest absolute Gasteiger partial charge is 0.465 e. The Kier molecular flexibility index (Phi) is 8.06. The number of methoxy groups -OCH3 is 2. The first-order chi connectivity index (χ1) is 17.2. The van der Waals surface area contributed by atoms with Crippen molar-refractivity contribution in [3.05, 3.63) is 49.1 Å². The third kappa shape index (κ3) is 5.03. The van der Waals surface area contributed by atoms with Gasteiger partial charge >= 0.3 is 11.9 Å². The van der Waals surface area contributed by atoms with Gasteiger partial charge in [-0.25, -0.2) is 9.59 Å². The molecule has 8 nitrogen and oxygen atoms in total. The fourth-order valence-corrected chi connectivity index (χ4v) is 7.06. The molecule has 0 aliphatic carbocycles. The summed E-state index contributed by atoms with van der Waals surface area (Å²) in [6.07, 6.45) is 0. The summed E-state index contributed by atoms with van der Waals surface area (Å²) >= 11 is 20.6. The number of hydrogen-bond acceptors (Lipinski definition) is 8. The highest BCUT2D eigenvalue weighted by Gasteiger charge is 2.29. The Labute approximate surface area is 230 Å². The molecule has 1 fully saturated rings. The third-order valence-electron chi connectivity index (χ3n) is 5.77. The molecule has 13 heteroatoms. The quantitative estimate of drug-likeness (QED) is 0.326. The lowest BCUT2D eigenvalue weighted by molar-refractivity contribution is 0.0600. The van der Waals surface area contributed by atoms with Crippen molar-refractivity contribution in [3.8, 4) is 0 Å². The van der Waals surface area contributed by atoms with Gasteiger partial charge in [0.05, 0.1) is 24.8 Å². The van der Waals surface area contributed by atoms with Gasteiger partial charge in [0.25, 0.3) is 5.91 Å². The number of nitrogens with one attached hydrogen (secondary N) is 1. The van der Waals surface area contributed by atoms with E-state index < -0.39 is 11.9 Å². The van der Waals surface area contributed by atoms with Gasteiger partial charge in [-0.2, -0.15) is 0 Å². The van der Waals surface area contributed by atoms with E-state index in [-0.39, 0.29) is 11.5 Å². The van der Waals surface area contributed by atoms with Crippen LogP contribution in [0, 0.1) is 6.92 Å². The number of hydrogen-bond donors (Lipinski definition) is 1. The molecule has 1 aromatic carbocycles. The molecule has 1 amide bonds. The average molecular weight is 587 g/mol. The van der Waals surface area contributed by atoms with E-state index in [1.54, 1.807) is 24.0 Å². The molecule has 36 heavy (non-hydrogen) atoms. The van der Waals surface area contributed by atoms with Gasteiger partial charge in [0.1, 0.15) is 14.8 Å². The molecule has 0 atom stereocenters. The summed E-state index contributed by atoms with van der Waals surface area (Å²) in [7, 11) is 2.55. The fourth-order valence-electron chi connectivity index (χ4n) is 3.85. The zero-order valence-electron chi connectivity index (χ0n) is 19.5. The number of anilines is 1. The lowest BCUT2D eigenvalue weighted by Gasteiger charge is -2.36. The zero-order valence-corrected chi connectivity index (χ0v) is 23.4. The number of carbonyl (C=O) groups excluding carboxylic acids is 3. The number of nitrogens with zero attached hydrogens (tertiary/aromatic N) is 2. The van der Waals surface area contributed by atoms with Gasteiger partial charge < -0.3 is 24.6 Å². The molecule has 0 spiro atoms. The van der Waals surface area contributed by atoms with Crippen molar-refractivity contribution in [1.82, 2.24) is 9.80 Å². The number of piperazine rings is 1. The first kappa shape index (κ1) is 26.6. The van der Waals surface area contributed by atoms with Gasteiger partial charge in [-0.1, -0.05) is 29.3 Å². The maximum absolute atomic E-state index is 13.2. The van der Waals surface area contributed by atoms with Crippen molar-refractivity contribution in [2.45, 2.75) is 6.92 Å². The minimum absolute atomic E-state index is 0.138. The molecule has 0 radical (unpaired) electrons. The molecule has 1 saturated heterocycles. The number of halogens is 2. The Bertz CT molecular complexity index is 1380. The second-order valence-corrected chi connectivity index (χ2v) is 11.1. The number of esters is 2. The van der Waals surface area contributed by atoms with Gasteiger partial charge in [0, 0.05) is 41.3 Å². The van der Waals surface area contributed by atoms with E-state index in [1.165, 1.54) is 25.6 Å². The van der Waals surface area contributed by atoms with Crippen LogP contribution in [-0.2, 0) is 9.47 Å². The predicted molar refractivity (Wildman–Crippen MR) is 147 cm³/mol. The highest BCUT2D eigenvalue weighted by molar-refractivity contribution is 7.80. The molecule has 1 aliphatic heterocycles. The van der Waals surface area contributed by atoms with E-state index in [9.17, 15) is 14.4 Å². The Balaban J connectivity index is 1.45. The first-order valence-corrected chi connectivity index (χ1v) is 13.5. The number of rotatable bonds is 4. The minimum Gasteiger partial charge on any atom is -0.465 e. The molecular formula is C23H21Cl2N3O5S3. The summed E-state index contributed by atoms with van der Waals surface area (Å²) in [6.45, 7) is 3.49.